The fourth-order valence-corrected chi connectivity index (χ4v) is 4.12. The van der Waals surface area contributed by atoms with Crippen LogP contribution in [0, 0.1) is 0 Å². The molecule has 7 heteroatoms. The Hall–Kier alpha value is -1.47. The van der Waals surface area contributed by atoms with E-state index in [1.807, 2.05) is 29.3 Å². The Morgan fingerprint density at radius 3 is 2.96 bits per heavy atom. The van der Waals surface area contributed by atoms with Crippen molar-refractivity contribution >= 4 is 43.6 Å². The van der Waals surface area contributed by atoms with E-state index in [1.54, 1.807) is 6.33 Å². The maximum absolute atomic E-state index is 12.8. The molecule has 118 valence electrons. The third-order valence-electron chi connectivity index (χ3n) is 4.52. The van der Waals surface area contributed by atoms with Crippen molar-refractivity contribution in [1.29, 1.82) is 0 Å². The lowest BCUT2D eigenvalue weighted by Crippen LogP contribution is -2.44. The van der Waals surface area contributed by atoms with Crippen molar-refractivity contribution in [3.8, 4) is 0 Å². The Bertz CT molecular complexity index is 782. The summed E-state index contributed by atoms with van der Waals surface area (Å²) in [5, 5.41) is 3.01. The van der Waals surface area contributed by atoms with Gasteiger partial charge in [-0.1, -0.05) is 0 Å². The molecular weight excluding hydrogens is 424 g/mol. The van der Waals surface area contributed by atoms with E-state index in [9.17, 15) is 4.79 Å². The van der Waals surface area contributed by atoms with Crippen LogP contribution in [0.3, 0.4) is 0 Å². The van der Waals surface area contributed by atoms with Crippen molar-refractivity contribution in [3.05, 3.63) is 50.9 Å². The number of rotatable bonds is 1. The number of nitrogens with zero attached hydrogens (tertiary/aromatic N) is 3. The molecule has 2 aliphatic rings. The minimum Gasteiger partial charge on any atom is -0.314 e. The van der Waals surface area contributed by atoms with E-state index in [0.29, 0.717) is 0 Å². The highest BCUT2D eigenvalue weighted by atomic mass is 79.9. The number of fused-ring (bicyclic) bond motifs is 4. The van der Waals surface area contributed by atoms with Gasteiger partial charge in [0.15, 0.2) is 0 Å². The Morgan fingerprint density at radius 1 is 1.26 bits per heavy atom. The van der Waals surface area contributed by atoms with Crippen LogP contribution in [-0.2, 0) is 6.42 Å². The molecule has 0 aliphatic carbocycles. The summed E-state index contributed by atoms with van der Waals surface area (Å²) < 4.78 is 1.87. The lowest BCUT2D eigenvalue weighted by Gasteiger charge is -2.35. The minimum absolute atomic E-state index is 0.0544. The number of hydrogen-bond donors (Lipinski definition) is 1. The average Bonchev–Trinajstić information content (AvgIpc) is 2.86. The zero-order chi connectivity index (χ0) is 16.0. The molecule has 23 heavy (non-hydrogen) atoms. The molecule has 0 saturated carbocycles. The normalized spacial score (nSPS) is 21.9. The molecular formula is C16H14Br2N4O. The molecule has 1 fully saturated rings. The first-order valence-corrected chi connectivity index (χ1v) is 9.05. The van der Waals surface area contributed by atoms with Crippen LogP contribution in [-0.4, -0.2) is 26.9 Å². The third kappa shape index (κ3) is 2.65. The Balaban J connectivity index is 1.59. The SMILES string of the molecule is O=C(Nc1ccc(Br)c(Br)c1)N1[C@H]2CC[C@@H]1c1cncnc1C2. The Kier molecular flexibility index (Phi) is 3.85. The van der Waals surface area contributed by atoms with Crippen LogP contribution in [0.1, 0.15) is 30.1 Å². The van der Waals surface area contributed by atoms with Crippen LogP contribution >= 0.6 is 31.9 Å². The van der Waals surface area contributed by atoms with Gasteiger partial charge >= 0.3 is 6.03 Å². The molecule has 2 bridgehead atoms. The molecule has 3 heterocycles. The van der Waals surface area contributed by atoms with Gasteiger partial charge in [0.25, 0.3) is 0 Å². The number of halogens is 2. The van der Waals surface area contributed by atoms with Crippen LogP contribution in [0.25, 0.3) is 0 Å². The van der Waals surface area contributed by atoms with Crippen molar-refractivity contribution in [1.82, 2.24) is 14.9 Å². The van der Waals surface area contributed by atoms with Crippen LogP contribution in [0.15, 0.2) is 39.7 Å². The highest BCUT2D eigenvalue weighted by molar-refractivity contribution is 9.13. The van der Waals surface area contributed by atoms with E-state index >= 15 is 0 Å². The number of carbonyl (C=O) groups excluding carboxylic acids is 1. The highest BCUT2D eigenvalue weighted by Gasteiger charge is 2.43. The fraction of sp³-hybridized carbons (Fsp3) is 0.312. The lowest BCUT2D eigenvalue weighted by molar-refractivity contribution is 0.178. The zero-order valence-electron chi connectivity index (χ0n) is 12.2. The van der Waals surface area contributed by atoms with Crippen LogP contribution in [0.2, 0.25) is 0 Å². The van der Waals surface area contributed by atoms with Gasteiger partial charge in [-0.2, -0.15) is 0 Å². The Morgan fingerprint density at radius 2 is 2.13 bits per heavy atom. The smallest absolute Gasteiger partial charge is 0.314 e. The first-order chi connectivity index (χ1) is 11.1. The van der Waals surface area contributed by atoms with Gasteiger partial charge in [-0.25, -0.2) is 14.8 Å². The Labute approximate surface area is 150 Å². The van der Waals surface area contributed by atoms with Crippen molar-refractivity contribution in [2.45, 2.75) is 31.3 Å². The third-order valence-corrected chi connectivity index (χ3v) is 6.40. The molecule has 2 aliphatic heterocycles. The summed E-state index contributed by atoms with van der Waals surface area (Å²) >= 11 is 6.90. The monoisotopic (exact) mass is 436 g/mol. The fourth-order valence-electron chi connectivity index (χ4n) is 3.50. The molecule has 0 unspecified atom stereocenters. The molecule has 1 saturated heterocycles. The highest BCUT2D eigenvalue weighted by Crippen LogP contribution is 2.43. The number of nitrogens with one attached hydrogen (secondary N) is 1. The van der Waals surface area contributed by atoms with E-state index in [0.717, 1.165) is 45.2 Å². The van der Waals surface area contributed by atoms with E-state index in [-0.39, 0.29) is 18.1 Å². The number of anilines is 1. The topological polar surface area (TPSA) is 58.1 Å². The number of aromatic nitrogens is 2. The predicted octanol–water partition coefficient (Wildman–Crippen LogP) is 4.30. The van der Waals surface area contributed by atoms with Crippen LogP contribution in [0.4, 0.5) is 10.5 Å². The van der Waals surface area contributed by atoms with Crippen molar-refractivity contribution in [2.75, 3.05) is 5.32 Å². The van der Waals surface area contributed by atoms with Crippen LogP contribution in [0.5, 0.6) is 0 Å². The maximum Gasteiger partial charge on any atom is 0.322 e. The summed E-state index contributed by atoms with van der Waals surface area (Å²) in [6.07, 6.45) is 6.24. The van der Waals surface area contributed by atoms with Gasteiger partial charge in [0.2, 0.25) is 0 Å². The summed E-state index contributed by atoms with van der Waals surface area (Å²) in [4.78, 5) is 23.3. The molecule has 0 radical (unpaired) electrons. The van der Waals surface area contributed by atoms with Crippen LogP contribution < -0.4 is 5.32 Å². The van der Waals surface area contributed by atoms with Gasteiger partial charge in [0.05, 0.1) is 11.7 Å². The summed E-state index contributed by atoms with van der Waals surface area (Å²) in [5.74, 6) is 0. The van der Waals surface area contributed by atoms with Gasteiger partial charge in [-0.05, 0) is 62.9 Å². The van der Waals surface area contributed by atoms with E-state index in [1.165, 1.54) is 0 Å². The zero-order valence-corrected chi connectivity index (χ0v) is 15.3. The summed E-state index contributed by atoms with van der Waals surface area (Å²) in [7, 11) is 0. The van der Waals surface area contributed by atoms with Gasteiger partial charge in [-0.3, -0.25) is 0 Å². The average molecular weight is 438 g/mol. The standard InChI is InChI=1S/C16H14Br2N4O/c17-12-3-1-9(5-13(12)18)21-16(23)22-10-2-4-15(22)11-7-19-8-20-14(11)6-10/h1,3,5,7-8,10,15H,2,4,6H2,(H,21,23)/t10-,15+/m0/s1. The minimum atomic E-state index is -0.0544. The van der Waals surface area contributed by atoms with Gasteiger partial charge < -0.3 is 10.2 Å². The molecule has 2 atom stereocenters. The van der Waals surface area contributed by atoms with Crippen molar-refractivity contribution < 1.29 is 4.79 Å². The summed E-state index contributed by atoms with van der Waals surface area (Å²) in [6.45, 7) is 0. The van der Waals surface area contributed by atoms with Gasteiger partial charge in [0.1, 0.15) is 6.33 Å². The summed E-state index contributed by atoms with van der Waals surface area (Å²) in [6, 6.07) is 5.94. The van der Waals surface area contributed by atoms with Crippen molar-refractivity contribution in [3.63, 3.8) is 0 Å². The largest absolute Gasteiger partial charge is 0.322 e. The lowest BCUT2D eigenvalue weighted by atomic mass is 10.00. The van der Waals surface area contributed by atoms with E-state index in [4.69, 9.17) is 0 Å². The molecule has 1 aromatic carbocycles. The van der Waals surface area contributed by atoms with E-state index in [2.05, 4.69) is 47.1 Å². The first-order valence-electron chi connectivity index (χ1n) is 7.46. The number of urea groups is 1. The second-order valence-electron chi connectivity index (χ2n) is 5.84. The number of benzene rings is 1. The number of hydrogen-bond acceptors (Lipinski definition) is 3. The first kappa shape index (κ1) is 15.1. The molecule has 2 aromatic rings. The molecule has 2 amide bonds. The van der Waals surface area contributed by atoms with Crippen molar-refractivity contribution in [2.24, 2.45) is 0 Å². The number of carbonyl (C=O) groups is 1. The molecule has 5 nitrogen and oxygen atoms in total. The second-order valence-corrected chi connectivity index (χ2v) is 7.55. The predicted molar refractivity (Wildman–Crippen MR) is 94.2 cm³/mol. The number of amides is 2. The quantitative estimate of drug-likeness (QED) is 0.723. The van der Waals surface area contributed by atoms with Gasteiger partial charge in [-0.15, -0.1) is 0 Å². The summed E-state index contributed by atoms with van der Waals surface area (Å²) in [5.41, 5.74) is 2.95. The molecule has 0 spiro atoms. The van der Waals surface area contributed by atoms with Gasteiger partial charge in [0, 0.05) is 38.9 Å². The maximum atomic E-state index is 12.8. The second kappa shape index (κ2) is 5.87. The molecule has 1 N–H and O–H groups in total. The molecule has 4 rings (SSSR count). The molecule has 1 aromatic heterocycles. The van der Waals surface area contributed by atoms with E-state index < -0.39 is 0 Å².